The summed E-state index contributed by atoms with van der Waals surface area (Å²) in [5, 5.41) is 13.7. The van der Waals surface area contributed by atoms with Gasteiger partial charge in [0.15, 0.2) is 5.82 Å². The SMILES string of the molecule is CC(C)C(O)Cc1nc(CSc2ccccc2)no1. The summed E-state index contributed by atoms with van der Waals surface area (Å²) in [5.41, 5.74) is 0. The second kappa shape index (κ2) is 6.73. The Labute approximate surface area is 117 Å². The van der Waals surface area contributed by atoms with Crippen molar-refractivity contribution in [3.8, 4) is 0 Å². The van der Waals surface area contributed by atoms with E-state index in [2.05, 4.69) is 10.1 Å². The lowest BCUT2D eigenvalue weighted by Crippen LogP contribution is -2.17. The Bertz CT molecular complexity index is 499. The summed E-state index contributed by atoms with van der Waals surface area (Å²) in [7, 11) is 0. The van der Waals surface area contributed by atoms with Crippen molar-refractivity contribution in [1.29, 1.82) is 0 Å². The number of nitrogens with zero attached hydrogens (tertiary/aromatic N) is 2. The van der Waals surface area contributed by atoms with Crippen LogP contribution in [0, 0.1) is 5.92 Å². The molecule has 1 unspecified atom stereocenters. The number of thioether (sulfide) groups is 1. The van der Waals surface area contributed by atoms with Gasteiger partial charge in [0.1, 0.15) is 0 Å². The van der Waals surface area contributed by atoms with E-state index in [0.29, 0.717) is 23.9 Å². The van der Waals surface area contributed by atoms with E-state index in [1.807, 2.05) is 44.2 Å². The molecule has 1 aromatic carbocycles. The van der Waals surface area contributed by atoms with Crippen LogP contribution in [0.2, 0.25) is 0 Å². The van der Waals surface area contributed by atoms with Gasteiger partial charge in [-0.2, -0.15) is 4.98 Å². The standard InChI is InChI=1S/C14H18N2O2S/c1-10(2)12(17)8-14-15-13(16-18-14)9-19-11-6-4-3-5-7-11/h3-7,10,12,17H,8-9H2,1-2H3. The van der Waals surface area contributed by atoms with E-state index in [-0.39, 0.29) is 5.92 Å². The van der Waals surface area contributed by atoms with Crippen LogP contribution in [0.5, 0.6) is 0 Å². The Hall–Kier alpha value is -1.33. The molecular formula is C14H18N2O2S. The number of hydrogen-bond donors (Lipinski definition) is 1. The molecule has 1 aromatic heterocycles. The summed E-state index contributed by atoms with van der Waals surface area (Å²) in [6.07, 6.45) is -0.0178. The van der Waals surface area contributed by atoms with E-state index in [1.54, 1.807) is 11.8 Å². The minimum absolute atomic E-state index is 0.189. The Balaban J connectivity index is 1.87. The fourth-order valence-corrected chi connectivity index (χ4v) is 2.27. The Morgan fingerprint density at radius 3 is 2.68 bits per heavy atom. The maximum absolute atomic E-state index is 9.76. The Kier molecular flexibility index (Phi) is 4.99. The van der Waals surface area contributed by atoms with Crippen LogP contribution in [0.1, 0.15) is 25.6 Å². The lowest BCUT2D eigenvalue weighted by Gasteiger charge is -2.10. The molecule has 0 radical (unpaired) electrons. The molecular weight excluding hydrogens is 260 g/mol. The van der Waals surface area contributed by atoms with Crippen LogP contribution in [-0.2, 0) is 12.2 Å². The molecule has 1 N–H and O–H groups in total. The van der Waals surface area contributed by atoms with Crippen LogP contribution >= 0.6 is 11.8 Å². The third kappa shape index (κ3) is 4.36. The maximum Gasteiger partial charge on any atom is 0.229 e. The van der Waals surface area contributed by atoms with E-state index in [0.717, 1.165) is 0 Å². The van der Waals surface area contributed by atoms with Crippen LogP contribution < -0.4 is 0 Å². The highest BCUT2D eigenvalue weighted by Crippen LogP contribution is 2.21. The van der Waals surface area contributed by atoms with Gasteiger partial charge in [-0.25, -0.2) is 0 Å². The highest BCUT2D eigenvalue weighted by atomic mass is 32.2. The molecule has 1 atom stereocenters. The van der Waals surface area contributed by atoms with Gasteiger partial charge in [-0.15, -0.1) is 11.8 Å². The van der Waals surface area contributed by atoms with Crippen LogP contribution in [0.25, 0.3) is 0 Å². The number of benzene rings is 1. The van der Waals surface area contributed by atoms with Crippen molar-refractivity contribution in [3.63, 3.8) is 0 Å². The van der Waals surface area contributed by atoms with E-state index in [1.165, 1.54) is 4.90 Å². The van der Waals surface area contributed by atoms with Crippen molar-refractivity contribution in [3.05, 3.63) is 42.0 Å². The number of aliphatic hydroxyl groups excluding tert-OH is 1. The molecule has 102 valence electrons. The zero-order chi connectivity index (χ0) is 13.7. The molecule has 0 bridgehead atoms. The van der Waals surface area contributed by atoms with Crippen LogP contribution in [0.15, 0.2) is 39.8 Å². The average molecular weight is 278 g/mol. The molecule has 2 rings (SSSR count). The Morgan fingerprint density at radius 1 is 1.26 bits per heavy atom. The Morgan fingerprint density at radius 2 is 2.00 bits per heavy atom. The van der Waals surface area contributed by atoms with Gasteiger partial charge in [0.25, 0.3) is 0 Å². The van der Waals surface area contributed by atoms with Gasteiger partial charge >= 0.3 is 0 Å². The molecule has 0 fully saturated rings. The van der Waals surface area contributed by atoms with E-state index < -0.39 is 6.10 Å². The topological polar surface area (TPSA) is 59.2 Å². The summed E-state index contributed by atoms with van der Waals surface area (Å²) < 4.78 is 5.14. The van der Waals surface area contributed by atoms with E-state index in [9.17, 15) is 5.11 Å². The number of aliphatic hydroxyl groups is 1. The first-order chi connectivity index (χ1) is 9.15. The van der Waals surface area contributed by atoms with Gasteiger partial charge in [-0.3, -0.25) is 0 Å². The second-order valence-corrected chi connectivity index (χ2v) is 5.77. The molecule has 2 aromatic rings. The molecule has 0 saturated heterocycles. The minimum Gasteiger partial charge on any atom is -0.392 e. The predicted molar refractivity (Wildman–Crippen MR) is 74.8 cm³/mol. The predicted octanol–water partition coefficient (Wildman–Crippen LogP) is 2.92. The zero-order valence-electron chi connectivity index (χ0n) is 11.1. The molecule has 4 nitrogen and oxygen atoms in total. The van der Waals surface area contributed by atoms with Crippen molar-refractivity contribution in [2.24, 2.45) is 5.92 Å². The van der Waals surface area contributed by atoms with Crippen LogP contribution in [0.3, 0.4) is 0 Å². The zero-order valence-corrected chi connectivity index (χ0v) is 11.9. The molecule has 1 heterocycles. The highest BCUT2D eigenvalue weighted by Gasteiger charge is 2.15. The third-order valence-corrected chi connectivity index (χ3v) is 3.78. The maximum atomic E-state index is 9.76. The molecule has 0 saturated carbocycles. The average Bonchev–Trinajstić information content (AvgIpc) is 2.85. The fourth-order valence-electron chi connectivity index (χ4n) is 1.51. The van der Waals surface area contributed by atoms with Crippen LogP contribution in [0.4, 0.5) is 0 Å². The monoisotopic (exact) mass is 278 g/mol. The number of aromatic nitrogens is 2. The van der Waals surface area contributed by atoms with Gasteiger partial charge in [0.05, 0.1) is 18.3 Å². The minimum atomic E-state index is -0.435. The first-order valence-corrected chi connectivity index (χ1v) is 7.31. The highest BCUT2D eigenvalue weighted by molar-refractivity contribution is 7.98. The molecule has 0 aliphatic rings. The van der Waals surface area contributed by atoms with E-state index in [4.69, 9.17) is 4.52 Å². The summed E-state index contributed by atoms with van der Waals surface area (Å²) in [5.74, 6) is 2.03. The summed E-state index contributed by atoms with van der Waals surface area (Å²) >= 11 is 1.66. The molecule has 0 aliphatic carbocycles. The third-order valence-electron chi connectivity index (χ3n) is 2.77. The van der Waals surface area contributed by atoms with Crippen molar-refractivity contribution in [1.82, 2.24) is 10.1 Å². The van der Waals surface area contributed by atoms with Gasteiger partial charge < -0.3 is 9.63 Å². The van der Waals surface area contributed by atoms with Crippen molar-refractivity contribution >= 4 is 11.8 Å². The van der Waals surface area contributed by atoms with Gasteiger partial charge in [-0.1, -0.05) is 37.2 Å². The van der Waals surface area contributed by atoms with E-state index >= 15 is 0 Å². The second-order valence-electron chi connectivity index (χ2n) is 4.72. The first-order valence-electron chi connectivity index (χ1n) is 6.32. The van der Waals surface area contributed by atoms with Crippen LogP contribution in [-0.4, -0.2) is 21.4 Å². The normalized spacial score (nSPS) is 12.8. The fraction of sp³-hybridized carbons (Fsp3) is 0.429. The van der Waals surface area contributed by atoms with Gasteiger partial charge in [0, 0.05) is 4.90 Å². The number of rotatable bonds is 6. The summed E-state index contributed by atoms with van der Waals surface area (Å²) in [6.45, 7) is 3.93. The lowest BCUT2D eigenvalue weighted by atomic mass is 10.0. The van der Waals surface area contributed by atoms with Gasteiger partial charge in [0.2, 0.25) is 5.89 Å². The summed E-state index contributed by atoms with van der Waals surface area (Å²) in [4.78, 5) is 5.47. The molecule has 19 heavy (non-hydrogen) atoms. The lowest BCUT2D eigenvalue weighted by molar-refractivity contribution is 0.116. The molecule has 0 aliphatic heterocycles. The molecule has 0 spiro atoms. The van der Waals surface area contributed by atoms with Gasteiger partial charge in [-0.05, 0) is 18.1 Å². The largest absolute Gasteiger partial charge is 0.392 e. The quantitative estimate of drug-likeness (QED) is 0.823. The van der Waals surface area contributed by atoms with Crippen molar-refractivity contribution in [2.75, 3.05) is 0 Å². The number of hydrogen-bond acceptors (Lipinski definition) is 5. The molecule has 0 amide bonds. The summed E-state index contributed by atoms with van der Waals surface area (Å²) in [6, 6.07) is 10.1. The first kappa shape index (κ1) is 14.1. The smallest absolute Gasteiger partial charge is 0.229 e. The van der Waals surface area contributed by atoms with Crippen molar-refractivity contribution in [2.45, 2.75) is 37.0 Å². The molecule has 5 heteroatoms. The van der Waals surface area contributed by atoms with Crippen molar-refractivity contribution < 1.29 is 9.63 Å².